The summed E-state index contributed by atoms with van der Waals surface area (Å²) in [7, 11) is 0. The summed E-state index contributed by atoms with van der Waals surface area (Å²) in [5, 5.41) is 11.7. The summed E-state index contributed by atoms with van der Waals surface area (Å²) in [5.41, 5.74) is 0.751. The Kier molecular flexibility index (Phi) is 4.42. The minimum atomic E-state index is -0.907. The first kappa shape index (κ1) is 13.9. The minimum absolute atomic E-state index is 0.0699. The molecule has 1 aliphatic rings. The maximum atomic E-state index is 11.8. The maximum absolute atomic E-state index is 11.8. The number of rotatable bonds is 3. The van der Waals surface area contributed by atoms with Gasteiger partial charge in [-0.15, -0.1) is 0 Å². The predicted octanol–water partition coefficient (Wildman–Crippen LogP) is 2.78. The first-order valence-electron chi connectivity index (χ1n) is 6.08. The third-order valence-electron chi connectivity index (χ3n) is 3.16. The van der Waals surface area contributed by atoms with Crippen LogP contribution in [0.2, 0.25) is 0 Å². The number of carboxylic acid groups (broad SMARTS) is 1. The van der Waals surface area contributed by atoms with E-state index < -0.39 is 6.09 Å². The van der Waals surface area contributed by atoms with Crippen LogP contribution >= 0.6 is 15.9 Å². The Morgan fingerprint density at radius 3 is 2.63 bits per heavy atom. The van der Waals surface area contributed by atoms with E-state index in [-0.39, 0.29) is 11.8 Å². The zero-order valence-corrected chi connectivity index (χ0v) is 11.9. The molecule has 2 rings (SSSR count). The highest BCUT2D eigenvalue weighted by molar-refractivity contribution is 9.10. The molecule has 5 nitrogen and oxygen atoms in total. The smallest absolute Gasteiger partial charge is 0.407 e. The lowest BCUT2D eigenvalue weighted by molar-refractivity contribution is -0.117. The van der Waals surface area contributed by atoms with Crippen molar-refractivity contribution >= 4 is 33.6 Å². The van der Waals surface area contributed by atoms with Crippen LogP contribution in [0, 0.1) is 5.92 Å². The van der Waals surface area contributed by atoms with Crippen LogP contribution in [-0.4, -0.2) is 35.1 Å². The summed E-state index contributed by atoms with van der Waals surface area (Å²) in [5.74, 6) is 0.0473. The molecule has 19 heavy (non-hydrogen) atoms. The van der Waals surface area contributed by atoms with Gasteiger partial charge in [0.25, 0.3) is 0 Å². The molecule has 1 saturated heterocycles. The number of likely N-dealkylation sites (tertiary alicyclic amines) is 1. The molecular formula is C13H15BrN2O3. The molecule has 6 heteroatoms. The summed E-state index contributed by atoms with van der Waals surface area (Å²) in [6.07, 6.45) is 0.204. The molecule has 0 radical (unpaired) electrons. The topological polar surface area (TPSA) is 69.6 Å². The summed E-state index contributed by atoms with van der Waals surface area (Å²) in [4.78, 5) is 24.0. The number of carbonyl (C=O) groups is 2. The highest BCUT2D eigenvalue weighted by Crippen LogP contribution is 2.21. The van der Waals surface area contributed by atoms with Crippen molar-refractivity contribution in [3.63, 3.8) is 0 Å². The van der Waals surface area contributed by atoms with Crippen molar-refractivity contribution in [2.75, 3.05) is 18.4 Å². The molecule has 0 spiro atoms. The highest BCUT2D eigenvalue weighted by Gasteiger charge is 2.27. The Morgan fingerprint density at radius 2 is 2.05 bits per heavy atom. The quantitative estimate of drug-likeness (QED) is 0.897. The van der Waals surface area contributed by atoms with Crippen molar-refractivity contribution in [2.45, 2.75) is 12.8 Å². The molecule has 0 aliphatic carbocycles. The molecule has 0 bridgehead atoms. The number of nitrogens with zero attached hydrogens (tertiary/aromatic N) is 1. The van der Waals surface area contributed by atoms with Gasteiger partial charge in [-0.2, -0.15) is 0 Å². The number of nitrogens with one attached hydrogen (secondary N) is 1. The van der Waals surface area contributed by atoms with Gasteiger partial charge in [0.2, 0.25) is 5.91 Å². The van der Waals surface area contributed by atoms with Crippen LogP contribution in [-0.2, 0) is 4.79 Å². The molecule has 1 fully saturated rings. The van der Waals surface area contributed by atoms with Crippen molar-refractivity contribution in [1.82, 2.24) is 4.90 Å². The van der Waals surface area contributed by atoms with Crippen LogP contribution in [0.4, 0.5) is 10.5 Å². The average molecular weight is 327 g/mol. The number of hydrogen-bond donors (Lipinski definition) is 2. The third-order valence-corrected chi connectivity index (χ3v) is 3.69. The van der Waals surface area contributed by atoms with Crippen LogP contribution in [0.1, 0.15) is 12.8 Å². The summed E-state index contributed by atoms with van der Waals surface area (Å²) < 4.78 is 0.957. The Morgan fingerprint density at radius 1 is 1.37 bits per heavy atom. The second-order valence-corrected chi connectivity index (χ2v) is 5.56. The van der Waals surface area contributed by atoms with E-state index in [1.807, 2.05) is 24.3 Å². The number of benzene rings is 1. The van der Waals surface area contributed by atoms with Crippen molar-refractivity contribution in [1.29, 1.82) is 0 Å². The summed E-state index contributed by atoms with van der Waals surface area (Å²) in [6.45, 7) is 0.967. The summed E-state index contributed by atoms with van der Waals surface area (Å²) in [6, 6.07) is 7.36. The fourth-order valence-electron chi connectivity index (χ4n) is 2.18. The first-order chi connectivity index (χ1) is 9.04. The molecule has 102 valence electrons. The van der Waals surface area contributed by atoms with E-state index in [0.29, 0.717) is 19.5 Å². The summed E-state index contributed by atoms with van der Waals surface area (Å²) >= 11 is 3.33. The van der Waals surface area contributed by atoms with Gasteiger partial charge in [-0.05, 0) is 36.6 Å². The van der Waals surface area contributed by atoms with Gasteiger partial charge in [0.05, 0.1) is 0 Å². The monoisotopic (exact) mass is 326 g/mol. The number of amides is 2. The van der Waals surface area contributed by atoms with E-state index in [0.717, 1.165) is 16.6 Å². The number of hydrogen-bond acceptors (Lipinski definition) is 2. The Hall–Kier alpha value is -1.56. The fraction of sp³-hybridized carbons (Fsp3) is 0.385. The highest BCUT2D eigenvalue weighted by atomic mass is 79.9. The van der Waals surface area contributed by atoms with Crippen LogP contribution in [0.3, 0.4) is 0 Å². The van der Waals surface area contributed by atoms with E-state index >= 15 is 0 Å². The Labute approximate surface area is 119 Å². The van der Waals surface area contributed by atoms with E-state index in [4.69, 9.17) is 5.11 Å². The van der Waals surface area contributed by atoms with E-state index in [2.05, 4.69) is 21.2 Å². The molecule has 1 heterocycles. The van der Waals surface area contributed by atoms with Gasteiger partial charge in [0.15, 0.2) is 0 Å². The molecule has 0 saturated carbocycles. The standard InChI is InChI=1S/C13H15BrN2O3/c14-10-1-3-11(4-2-10)15-12(17)7-9-5-6-16(8-9)13(18)19/h1-4,9H,5-8H2,(H,15,17)(H,18,19)/t9-/m0/s1. The molecule has 0 unspecified atom stereocenters. The molecule has 2 N–H and O–H groups in total. The molecule has 1 aromatic rings. The van der Waals surface area contributed by atoms with Gasteiger partial charge in [-0.3, -0.25) is 4.79 Å². The second-order valence-electron chi connectivity index (χ2n) is 4.64. The van der Waals surface area contributed by atoms with Crippen molar-refractivity contribution in [2.24, 2.45) is 5.92 Å². The molecule has 1 aromatic carbocycles. The SMILES string of the molecule is O=C(C[C@@H]1CCN(C(=O)O)C1)Nc1ccc(Br)cc1. The Balaban J connectivity index is 1.82. The maximum Gasteiger partial charge on any atom is 0.407 e. The second kappa shape index (κ2) is 6.06. The molecule has 0 aromatic heterocycles. The molecule has 2 amide bonds. The van der Waals surface area contributed by atoms with E-state index in [1.165, 1.54) is 4.90 Å². The zero-order chi connectivity index (χ0) is 13.8. The fourth-order valence-corrected chi connectivity index (χ4v) is 2.44. The van der Waals surface area contributed by atoms with Crippen molar-refractivity contribution < 1.29 is 14.7 Å². The lowest BCUT2D eigenvalue weighted by Gasteiger charge is -2.12. The number of carbonyl (C=O) groups excluding carboxylic acids is 1. The average Bonchev–Trinajstić information content (AvgIpc) is 2.80. The zero-order valence-electron chi connectivity index (χ0n) is 10.3. The number of anilines is 1. The lowest BCUT2D eigenvalue weighted by Crippen LogP contribution is -2.27. The molecule has 1 aliphatic heterocycles. The minimum Gasteiger partial charge on any atom is -0.465 e. The van der Waals surface area contributed by atoms with Crippen LogP contribution in [0.15, 0.2) is 28.7 Å². The van der Waals surface area contributed by atoms with Gasteiger partial charge in [0.1, 0.15) is 0 Å². The molecule has 1 atom stereocenters. The lowest BCUT2D eigenvalue weighted by atomic mass is 10.0. The van der Waals surface area contributed by atoms with Gasteiger partial charge < -0.3 is 15.3 Å². The van der Waals surface area contributed by atoms with Crippen LogP contribution in [0.25, 0.3) is 0 Å². The predicted molar refractivity (Wildman–Crippen MR) is 75.1 cm³/mol. The first-order valence-corrected chi connectivity index (χ1v) is 6.87. The van der Waals surface area contributed by atoms with E-state index in [9.17, 15) is 9.59 Å². The third kappa shape index (κ3) is 3.96. The molecular weight excluding hydrogens is 312 g/mol. The van der Waals surface area contributed by atoms with Crippen LogP contribution < -0.4 is 5.32 Å². The van der Waals surface area contributed by atoms with Crippen molar-refractivity contribution in [3.05, 3.63) is 28.7 Å². The number of halogens is 1. The normalized spacial score (nSPS) is 18.4. The van der Waals surface area contributed by atoms with Crippen molar-refractivity contribution in [3.8, 4) is 0 Å². The van der Waals surface area contributed by atoms with Gasteiger partial charge in [-0.1, -0.05) is 15.9 Å². The van der Waals surface area contributed by atoms with Gasteiger partial charge in [-0.25, -0.2) is 4.79 Å². The van der Waals surface area contributed by atoms with Gasteiger partial charge >= 0.3 is 6.09 Å². The van der Waals surface area contributed by atoms with E-state index in [1.54, 1.807) is 0 Å². The van der Waals surface area contributed by atoms with Gasteiger partial charge in [0, 0.05) is 29.7 Å². The Bertz CT molecular complexity index is 475. The van der Waals surface area contributed by atoms with Crippen LogP contribution in [0.5, 0.6) is 0 Å². The largest absolute Gasteiger partial charge is 0.465 e.